The highest BCUT2D eigenvalue weighted by Gasteiger charge is 2.36. The maximum absolute atomic E-state index is 10.9. The molecule has 17 heavy (non-hydrogen) atoms. The van der Waals surface area contributed by atoms with Crippen LogP contribution in [0.15, 0.2) is 0 Å². The van der Waals surface area contributed by atoms with E-state index in [0.29, 0.717) is 5.78 Å². The Balaban J connectivity index is 1.60. The molecule has 1 aliphatic carbocycles. The van der Waals surface area contributed by atoms with Crippen molar-refractivity contribution >= 4 is 5.78 Å². The Hall–Kier alpha value is -0.370. The van der Waals surface area contributed by atoms with Crippen molar-refractivity contribution < 1.29 is 4.79 Å². The molecule has 2 nitrogen and oxygen atoms in total. The standard InChI is InChI=1S/C15H27NO/c1-14(17)6-2-5-11-16-12-9-15(10-13-16)7-3-4-8-15/h2-13H2,1H3. The number of rotatable bonds is 5. The Labute approximate surface area is 106 Å². The number of carbonyl (C=O) groups is 1. The lowest BCUT2D eigenvalue weighted by atomic mass is 9.77. The number of piperidine rings is 1. The molecule has 0 aromatic heterocycles. The first-order valence-electron chi connectivity index (χ1n) is 7.42. The SMILES string of the molecule is CC(=O)CCCCN1CCC2(CCCC2)CC1. The zero-order valence-electron chi connectivity index (χ0n) is 11.3. The van der Waals surface area contributed by atoms with Gasteiger partial charge in [0.2, 0.25) is 0 Å². The molecular weight excluding hydrogens is 210 g/mol. The van der Waals surface area contributed by atoms with Crippen molar-refractivity contribution in [2.75, 3.05) is 19.6 Å². The number of hydrogen-bond donors (Lipinski definition) is 0. The van der Waals surface area contributed by atoms with Crippen LogP contribution in [0.4, 0.5) is 0 Å². The van der Waals surface area contributed by atoms with E-state index in [-0.39, 0.29) is 0 Å². The van der Waals surface area contributed by atoms with Gasteiger partial charge in [-0.1, -0.05) is 12.8 Å². The summed E-state index contributed by atoms with van der Waals surface area (Å²) in [6.45, 7) is 5.52. The van der Waals surface area contributed by atoms with Gasteiger partial charge in [0.05, 0.1) is 0 Å². The normalized spacial score (nSPS) is 24.3. The minimum Gasteiger partial charge on any atom is -0.303 e. The number of ketones is 1. The van der Waals surface area contributed by atoms with Crippen LogP contribution in [0.3, 0.4) is 0 Å². The number of carbonyl (C=O) groups excluding carboxylic acids is 1. The third-order valence-electron chi connectivity index (χ3n) is 4.83. The van der Waals surface area contributed by atoms with Crippen molar-refractivity contribution in [2.24, 2.45) is 5.41 Å². The van der Waals surface area contributed by atoms with E-state index in [1.165, 1.54) is 64.6 Å². The summed E-state index contributed by atoms with van der Waals surface area (Å²) in [5, 5.41) is 0. The van der Waals surface area contributed by atoms with Gasteiger partial charge in [-0.15, -0.1) is 0 Å². The van der Waals surface area contributed by atoms with E-state index in [4.69, 9.17) is 0 Å². The molecule has 1 spiro atoms. The zero-order valence-corrected chi connectivity index (χ0v) is 11.3. The number of hydrogen-bond acceptors (Lipinski definition) is 2. The predicted molar refractivity (Wildman–Crippen MR) is 71.1 cm³/mol. The van der Waals surface area contributed by atoms with Gasteiger partial charge in [-0.2, -0.15) is 0 Å². The lowest BCUT2D eigenvalue weighted by molar-refractivity contribution is -0.117. The largest absolute Gasteiger partial charge is 0.303 e. The van der Waals surface area contributed by atoms with Crippen LogP contribution in [0.25, 0.3) is 0 Å². The first-order chi connectivity index (χ1) is 8.20. The highest BCUT2D eigenvalue weighted by Crippen LogP contribution is 2.46. The van der Waals surface area contributed by atoms with E-state index in [2.05, 4.69) is 4.90 Å². The summed E-state index contributed by atoms with van der Waals surface area (Å²) in [5.74, 6) is 0.341. The molecule has 2 heteroatoms. The van der Waals surface area contributed by atoms with E-state index in [1.54, 1.807) is 6.92 Å². The molecule has 1 saturated carbocycles. The molecule has 2 fully saturated rings. The molecule has 2 aliphatic rings. The summed E-state index contributed by atoms with van der Waals surface area (Å²) >= 11 is 0. The summed E-state index contributed by atoms with van der Waals surface area (Å²) in [4.78, 5) is 13.5. The van der Waals surface area contributed by atoms with Crippen LogP contribution in [0.1, 0.15) is 64.7 Å². The Morgan fingerprint density at radius 2 is 1.71 bits per heavy atom. The van der Waals surface area contributed by atoms with Gasteiger partial charge in [-0.25, -0.2) is 0 Å². The van der Waals surface area contributed by atoms with Crippen molar-refractivity contribution in [3.63, 3.8) is 0 Å². The van der Waals surface area contributed by atoms with Gasteiger partial charge in [0.25, 0.3) is 0 Å². The number of unbranched alkanes of at least 4 members (excludes halogenated alkanes) is 1. The number of nitrogens with zero attached hydrogens (tertiary/aromatic N) is 1. The van der Waals surface area contributed by atoms with Gasteiger partial charge in [-0.05, 0) is 70.5 Å². The van der Waals surface area contributed by atoms with E-state index < -0.39 is 0 Å². The van der Waals surface area contributed by atoms with Crippen molar-refractivity contribution in [2.45, 2.75) is 64.7 Å². The maximum atomic E-state index is 10.9. The average Bonchev–Trinajstić information content (AvgIpc) is 2.75. The van der Waals surface area contributed by atoms with Crippen LogP contribution in [0, 0.1) is 5.41 Å². The van der Waals surface area contributed by atoms with E-state index in [1.807, 2.05) is 0 Å². The van der Waals surface area contributed by atoms with Crippen LogP contribution in [0.5, 0.6) is 0 Å². The van der Waals surface area contributed by atoms with E-state index >= 15 is 0 Å². The quantitative estimate of drug-likeness (QED) is 0.683. The topological polar surface area (TPSA) is 20.3 Å². The molecule has 98 valence electrons. The minimum atomic E-state index is 0.341. The van der Waals surface area contributed by atoms with Crippen molar-refractivity contribution in [1.29, 1.82) is 0 Å². The third kappa shape index (κ3) is 3.80. The van der Waals surface area contributed by atoms with Crippen LogP contribution in [-0.2, 0) is 4.79 Å². The summed E-state index contributed by atoms with van der Waals surface area (Å²) in [5.41, 5.74) is 0.746. The second kappa shape index (κ2) is 5.99. The molecule has 1 aliphatic heterocycles. The Morgan fingerprint density at radius 1 is 1.06 bits per heavy atom. The lowest BCUT2D eigenvalue weighted by Gasteiger charge is -2.39. The molecule has 0 unspecified atom stereocenters. The summed E-state index contributed by atoms with van der Waals surface area (Å²) < 4.78 is 0. The number of Topliss-reactive ketones (excluding diaryl/α,β-unsaturated/α-hetero) is 1. The van der Waals surface area contributed by atoms with Gasteiger partial charge in [0, 0.05) is 6.42 Å². The Kier molecular flexibility index (Phi) is 4.61. The molecule has 0 aromatic rings. The molecular formula is C15H27NO. The van der Waals surface area contributed by atoms with Gasteiger partial charge < -0.3 is 9.69 Å². The second-order valence-corrected chi connectivity index (χ2v) is 6.21. The fraction of sp³-hybridized carbons (Fsp3) is 0.933. The summed E-state index contributed by atoms with van der Waals surface area (Å²) in [6, 6.07) is 0. The molecule has 0 aromatic carbocycles. The fourth-order valence-corrected chi connectivity index (χ4v) is 3.59. The Bertz CT molecular complexity index is 246. The smallest absolute Gasteiger partial charge is 0.129 e. The van der Waals surface area contributed by atoms with Gasteiger partial charge in [0.1, 0.15) is 5.78 Å². The minimum absolute atomic E-state index is 0.341. The summed E-state index contributed by atoms with van der Waals surface area (Å²) in [6.07, 6.45) is 11.8. The van der Waals surface area contributed by atoms with Crippen molar-refractivity contribution in [3.05, 3.63) is 0 Å². The molecule has 0 N–H and O–H groups in total. The van der Waals surface area contributed by atoms with Crippen LogP contribution >= 0.6 is 0 Å². The first kappa shape index (κ1) is 13.1. The molecule has 0 amide bonds. The molecule has 1 heterocycles. The van der Waals surface area contributed by atoms with Crippen molar-refractivity contribution in [1.82, 2.24) is 4.90 Å². The molecule has 0 atom stereocenters. The Morgan fingerprint density at radius 3 is 2.29 bits per heavy atom. The van der Waals surface area contributed by atoms with Crippen LogP contribution in [-0.4, -0.2) is 30.3 Å². The maximum Gasteiger partial charge on any atom is 0.129 e. The number of likely N-dealkylation sites (tertiary alicyclic amines) is 1. The van der Waals surface area contributed by atoms with Gasteiger partial charge in [0.15, 0.2) is 0 Å². The van der Waals surface area contributed by atoms with E-state index in [0.717, 1.165) is 18.3 Å². The predicted octanol–water partition coefficient (Wildman–Crippen LogP) is 3.40. The molecule has 1 saturated heterocycles. The highest BCUT2D eigenvalue weighted by molar-refractivity contribution is 5.75. The first-order valence-corrected chi connectivity index (χ1v) is 7.42. The molecule has 2 rings (SSSR count). The molecule has 0 radical (unpaired) electrons. The zero-order chi connectivity index (χ0) is 12.1. The highest BCUT2D eigenvalue weighted by atomic mass is 16.1. The molecule has 0 bridgehead atoms. The van der Waals surface area contributed by atoms with E-state index in [9.17, 15) is 4.79 Å². The monoisotopic (exact) mass is 237 g/mol. The third-order valence-corrected chi connectivity index (χ3v) is 4.83. The summed E-state index contributed by atoms with van der Waals surface area (Å²) in [7, 11) is 0. The van der Waals surface area contributed by atoms with Gasteiger partial charge >= 0.3 is 0 Å². The fourth-order valence-electron chi connectivity index (χ4n) is 3.59. The average molecular weight is 237 g/mol. The van der Waals surface area contributed by atoms with Gasteiger partial charge in [-0.3, -0.25) is 0 Å². The van der Waals surface area contributed by atoms with Crippen LogP contribution in [0.2, 0.25) is 0 Å². The van der Waals surface area contributed by atoms with Crippen LogP contribution < -0.4 is 0 Å². The second-order valence-electron chi connectivity index (χ2n) is 6.21. The van der Waals surface area contributed by atoms with Crippen molar-refractivity contribution in [3.8, 4) is 0 Å². The lowest BCUT2D eigenvalue weighted by Crippen LogP contribution is -2.39.